The summed E-state index contributed by atoms with van der Waals surface area (Å²) in [5.41, 5.74) is 0.604. The number of para-hydroxylation sites is 1. The van der Waals surface area contributed by atoms with Crippen molar-refractivity contribution in [2.75, 3.05) is 24.5 Å². The number of urea groups is 1. The van der Waals surface area contributed by atoms with Crippen LogP contribution < -0.4 is 4.90 Å². The quantitative estimate of drug-likeness (QED) is 0.766. The number of nitrogens with zero attached hydrogens (tertiary/aromatic N) is 3. The number of carbonyl (C=O) groups is 3. The number of imide groups is 1. The lowest BCUT2D eigenvalue weighted by Crippen LogP contribution is -2.48. The fourth-order valence-electron chi connectivity index (χ4n) is 4.22. The molecule has 1 aromatic carbocycles. The molecule has 0 radical (unpaired) electrons. The Bertz CT molecular complexity index is 709. The van der Waals surface area contributed by atoms with E-state index in [1.54, 1.807) is 21.9 Å². The van der Waals surface area contributed by atoms with Gasteiger partial charge in [-0.2, -0.15) is 0 Å². The van der Waals surface area contributed by atoms with Gasteiger partial charge in [-0.15, -0.1) is 0 Å². The summed E-state index contributed by atoms with van der Waals surface area (Å²) in [4.78, 5) is 42.1. The van der Waals surface area contributed by atoms with Crippen molar-refractivity contribution < 1.29 is 19.1 Å². The van der Waals surface area contributed by atoms with Crippen LogP contribution in [0.5, 0.6) is 0 Å². The van der Waals surface area contributed by atoms with E-state index in [0.29, 0.717) is 31.6 Å². The van der Waals surface area contributed by atoms with Gasteiger partial charge in [-0.3, -0.25) is 4.79 Å². The van der Waals surface area contributed by atoms with Gasteiger partial charge in [0.25, 0.3) is 5.91 Å². The number of hydrogen-bond acceptors (Lipinski definition) is 4. The highest BCUT2D eigenvalue weighted by Crippen LogP contribution is 2.27. The van der Waals surface area contributed by atoms with Gasteiger partial charge in [-0.1, -0.05) is 18.2 Å². The van der Waals surface area contributed by atoms with Crippen LogP contribution in [-0.4, -0.2) is 59.6 Å². The van der Waals surface area contributed by atoms with E-state index in [2.05, 4.69) is 0 Å². The van der Waals surface area contributed by atoms with Crippen molar-refractivity contribution in [3.05, 3.63) is 30.3 Å². The Morgan fingerprint density at radius 2 is 1.63 bits per heavy atom. The summed E-state index contributed by atoms with van der Waals surface area (Å²) in [6.07, 6.45) is 5.33. The summed E-state index contributed by atoms with van der Waals surface area (Å²) in [6.45, 7) is 1.21. The molecule has 1 saturated carbocycles. The molecular formula is C20H25N3O4. The van der Waals surface area contributed by atoms with Gasteiger partial charge in [0.2, 0.25) is 0 Å². The number of hydrogen-bond donors (Lipinski definition) is 0. The van der Waals surface area contributed by atoms with Crippen LogP contribution in [0, 0.1) is 0 Å². The second-order valence-corrected chi connectivity index (χ2v) is 7.48. The molecule has 1 aliphatic carbocycles. The molecule has 0 aromatic heterocycles. The molecule has 1 aromatic rings. The van der Waals surface area contributed by atoms with E-state index in [0.717, 1.165) is 25.7 Å². The van der Waals surface area contributed by atoms with Crippen LogP contribution in [0.2, 0.25) is 0 Å². The average molecular weight is 371 g/mol. The molecule has 144 valence electrons. The fourth-order valence-corrected chi connectivity index (χ4v) is 4.22. The molecule has 3 aliphatic rings. The van der Waals surface area contributed by atoms with Gasteiger partial charge >= 0.3 is 12.1 Å². The first-order valence-electron chi connectivity index (χ1n) is 9.77. The second kappa shape index (κ2) is 7.58. The summed E-state index contributed by atoms with van der Waals surface area (Å²) in [6, 6.07) is 8.72. The van der Waals surface area contributed by atoms with Crippen molar-refractivity contribution in [1.29, 1.82) is 0 Å². The van der Waals surface area contributed by atoms with Crippen molar-refractivity contribution in [3.8, 4) is 0 Å². The minimum Gasteiger partial charge on any atom is -0.446 e. The summed E-state index contributed by atoms with van der Waals surface area (Å²) in [5.74, 6) is -0.200. The zero-order valence-corrected chi connectivity index (χ0v) is 15.4. The Hall–Kier alpha value is -2.57. The minimum atomic E-state index is -0.266. The number of amides is 4. The predicted molar refractivity (Wildman–Crippen MR) is 99.4 cm³/mol. The van der Waals surface area contributed by atoms with Crippen LogP contribution in [0.25, 0.3) is 0 Å². The van der Waals surface area contributed by atoms with E-state index in [9.17, 15) is 14.4 Å². The molecular weight excluding hydrogens is 346 g/mol. The molecule has 7 nitrogen and oxygen atoms in total. The van der Waals surface area contributed by atoms with Crippen LogP contribution in [0.4, 0.5) is 15.3 Å². The third-order valence-corrected chi connectivity index (χ3v) is 5.74. The number of rotatable bonds is 3. The molecule has 0 spiro atoms. The van der Waals surface area contributed by atoms with Gasteiger partial charge in [0.1, 0.15) is 12.6 Å². The largest absolute Gasteiger partial charge is 0.446 e. The number of piperidine rings is 1. The first-order chi connectivity index (χ1) is 13.1. The van der Waals surface area contributed by atoms with Gasteiger partial charge < -0.3 is 14.5 Å². The molecule has 0 atom stereocenters. The third-order valence-electron chi connectivity index (χ3n) is 5.74. The molecule has 3 fully saturated rings. The van der Waals surface area contributed by atoms with E-state index in [4.69, 9.17) is 4.74 Å². The molecule has 4 rings (SSSR count). The van der Waals surface area contributed by atoms with E-state index in [1.807, 2.05) is 18.2 Å². The first kappa shape index (κ1) is 17.8. The van der Waals surface area contributed by atoms with Crippen LogP contribution >= 0.6 is 0 Å². The van der Waals surface area contributed by atoms with Gasteiger partial charge in [0.15, 0.2) is 0 Å². The fraction of sp³-hybridized carbons (Fsp3) is 0.550. The van der Waals surface area contributed by atoms with Crippen molar-refractivity contribution >= 4 is 23.7 Å². The van der Waals surface area contributed by atoms with Crippen LogP contribution in [0.1, 0.15) is 38.5 Å². The maximum atomic E-state index is 12.8. The number of ether oxygens (including phenoxy) is 1. The summed E-state index contributed by atoms with van der Waals surface area (Å²) < 4.78 is 5.57. The molecule has 2 aliphatic heterocycles. The van der Waals surface area contributed by atoms with Crippen LogP contribution in [0.15, 0.2) is 30.3 Å². The van der Waals surface area contributed by atoms with E-state index in [-0.39, 0.29) is 36.7 Å². The highest BCUT2D eigenvalue weighted by atomic mass is 16.6. The molecule has 27 heavy (non-hydrogen) atoms. The standard InChI is InChI=1S/C20H25N3O4/c24-18-14-22(19(25)23(18)16-6-2-1-3-7-16)15-10-12-21(13-11-15)20(26)27-17-8-4-5-9-17/h1-3,6-7,15,17H,4-5,8-14H2. The summed E-state index contributed by atoms with van der Waals surface area (Å²) in [5, 5.41) is 0. The molecule has 2 saturated heterocycles. The van der Waals surface area contributed by atoms with E-state index < -0.39 is 0 Å². The van der Waals surface area contributed by atoms with Crippen LogP contribution in [0.3, 0.4) is 0 Å². The Morgan fingerprint density at radius 1 is 0.963 bits per heavy atom. The lowest BCUT2D eigenvalue weighted by molar-refractivity contribution is -0.116. The smallest absolute Gasteiger partial charge is 0.410 e. The van der Waals surface area contributed by atoms with Gasteiger partial charge in [-0.25, -0.2) is 14.5 Å². The molecule has 7 heteroatoms. The molecule has 0 N–H and O–H groups in total. The average Bonchev–Trinajstić information content (AvgIpc) is 3.30. The van der Waals surface area contributed by atoms with Crippen LogP contribution in [-0.2, 0) is 9.53 Å². The van der Waals surface area contributed by atoms with Gasteiger partial charge in [0.05, 0.1) is 5.69 Å². The SMILES string of the molecule is O=C(OC1CCCC1)N1CCC(N2CC(=O)N(c3ccccc3)C2=O)CC1. The normalized spacial score (nSPS) is 22.0. The summed E-state index contributed by atoms with van der Waals surface area (Å²) >= 11 is 0. The monoisotopic (exact) mass is 371 g/mol. The highest BCUT2D eigenvalue weighted by molar-refractivity contribution is 6.19. The zero-order valence-electron chi connectivity index (χ0n) is 15.4. The minimum absolute atomic E-state index is 0.0225. The van der Waals surface area contributed by atoms with Crippen molar-refractivity contribution in [1.82, 2.24) is 9.80 Å². The topological polar surface area (TPSA) is 70.2 Å². The maximum absolute atomic E-state index is 12.8. The zero-order chi connectivity index (χ0) is 18.8. The molecule has 0 bridgehead atoms. The number of likely N-dealkylation sites (tertiary alicyclic amines) is 1. The maximum Gasteiger partial charge on any atom is 0.410 e. The van der Waals surface area contributed by atoms with Gasteiger partial charge in [0, 0.05) is 19.1 Å². The number of anilines is 1. The number of benzene rings is 1. The molecule has 2 heterocycles. The Labute approximate surface area is 158 Å². The Kier molecular flexibility index (Phi) is 5.01. The molecule has 4 amide bonds. The van der Waals surface area contributed by atoms with Crippen molar-refractivity contribution in [2.24, 2.45) is 0 Å². The predicted octanol–water partition coefficient (Wildman–Crippen LogP) is 3.00. The molecule has 0 unspecified atom stereocenters. The Morgan fingerprint density at radius 3 is 2.30 bits per heavy atom. The van der Waals surface area contributed by atoms with Crippen molar-refractivity contribution in [2.45, 2.75) is 50.7 Å². The van der Waals surface area contributed by atoms with Gasteiger partial charge in [-0.05, 0) is 50.7 Å². The highest BCUT2D eigenvalue weighted by Gasteiger charge is 2.42. The Balaban J connectivity index is 1.33. The van der Waals surface area contributed by atoms with E-state index in [1.165, 1.54) is 4.90 Å². The second-order valence-electron chi connectivity index (χ2n) is 7.48. The summed E-state index contributed by atoms with van der Waals surface area (Å²) in [7, 11) is 0. The lowest BCUT2D eigenvalue weighted by Gasteiger charge is -2.36. The lowest BCUT2D eigenvalue weighted by atomic mass is 10.0. The first-order valence-corrected chi connectivity index (χ1v) is 9.77. The third kappa shape index (κ3) is 3.63. The number of carbonyl (C=O) groups excluding carboxylic acids is 3. The van der Waals surface area contributed by atoms with E-state index >= 15 is 0 Å². The van der Waals surface area contributed by atoms with Crippen molar-refractivity contribution in [3.63, 3.8) is 0 Å².